The van der Waals surface area contributed by atoms with Crippen molar-refractivity contribution >= 4 is 0 Å². The van der Waals surface area contributed by atoms with Crippen LogP contribution in [-0.2, 0) is 0 Å². The van der Waals surface area contributed by atoms with Gasteiger partial charge in [0, 0.05) is 19.1 Å². The molecule has 13 heavy (non-hydrogen) atoms. The summed E-state index contributed by atoms with van der Waals surface area (Å²) in [6, 6.07) is -0.814. The molecule has 78 valence electrons. The van der Waals surface area contributed by atoms with Crippen molar-refractivity contribution in [3.8, 4) is 0 Å². The summed E-state index contributed by atoms with van der Waals surface area (Å²) >= 11 is 0. The Bertz CT molecular complexity index is 185. The molecule has 1 rings (SSSR count). The summed E-state index contributed by atoms with van der Waals surface area (Å²) in [5.74, 6) is -1.72. The molecule has 0 aromatic carbocycles. The average molecular weight is 198 g/mol. The molecule has 1 aliphatic heterocycles. The summed E-state index contributed by atoms with van der Waals surface area (Å²) in [6.45, 7) is 0.117. The summed E-state index contributed by atoms with van der Waals surface area (Å²) < 4.78 is 36.9. The van der Waals surface area contributed by atoms with Crippen molar-refractivity contribution in [3.63, 3.8) is 0 Å². The van der Waals surface area contributed by atoms with E-state index in [9.17, 15) is 18.3 Å². The lowest BCUT2D eigenvalue weighted by Crippen LogP contribution is -2.58. The third-order valence-electron chi connectivity index (χ3n) is 2.30. The Morgan fingerprint density at radius 1 is 1.38 bits per heavy atom. The predicted molar refractivity (Wildman–Crippen MR) is 41.0 cm³/mol. The standard InChI is InChI=1S/C7H13F3N2O/c1-12-2-4(7(8,9)10)6(13)5(11)3-12/h4-6,13H,2-3,11H2,1H3. The van der Waals surface area contributed by atoms with E-state index in [4.69, 9.17) is 5.73 Å². The number of nitrogens with zero attached hydrogens (tertiary/aromatic N) is 1. The number of likely N-dealkylation sites (tertiary alicyclic amines) is 1. The maximum atomic E-state index is 12.3. The van der Waals surface area contributed by atoms with Crippen LogP contribution in [0.15, 0.2) is 0 Å². The summed E-state index contributed by atoms with van der Waals surface area (Å²) in [4.78, 5) is 1.48. The van der Waals surface area contributed by atoms with Crippen molar-refractivity contribution in [2.24, 2.45) is 11.7 Å². The molecule has 0 bridgehead atoms. The fraction of sp³-hybridized carbons (Fsp3) is 1.00. The molecule has 6 heteroatoms. The number of aliphatic hydroxyl groups is 1. The van der Waals surface area contributed by atoms with Crippen LogP contribution in [-0.4, -0.2) is 48.5 Å². The van der Waals surface area contributed by atoms with Crippen molar-refractivity contribution in [3.05, 3.63) is 0 Å². The minimum absolute atomic E-state index is 0.182. The quantitative estimate of drug-likeness (QED) is 0.566. The number of hydrogen-bond donors (Lipinski definition) is 2. The average Bonchev–Trinajstić information content (AvgIpc) is 1.94. The molecule has 1 heterocycles. The van der Waals surface area contributed by atoms with Gasteiger partial charge in [-0.05, 0) is 7.05 Å². The number of likely N-dealkylation sites (N-methyl/N-ethyl adjacent to an activating group) is 1. The zero-order valence-corrected chi connectivity index (χ0v) is 7.25. The van der Waals surface area contributed by atoms with Gasteiger partial charge in [0.05, 0.1) is 12.0 Å². The van der Waals surface area contributed by atoms with E-state index in [1.54, 1.807) is 7.05 Å². The smallest absolute Gasteiger partial charge is 0.391 e. The number of piperidine rings is 1. The Kier molecular flexibility index (Phi) is 2.84. The first-order valence-electron chi connectivity index (χ1n) is 4.01. The van der Waals surface area contributed by atoms with E-state index >= 15 is 0 Å². The molecular formula is C7H13F3N2O. The molecule has 0 spiro atoms. The zero-order valence-electron chi connectivity index (χ0n) is 7.25. The van der Waals surface area contributed by atoms with Crippen LogP contribution < -0.4 is 5.73 Å². The molecule has 0 aromatic heterocycles. The SMILES string of the molecule is CN1CC(N)C(O)C(C(F)(F)F)C1. The van der Waals surface area contributed by atoms with Crippen molar-refractivity contribution in [1.29, 1.82) is 0 Å². The normalized spacial score (nSPS) is 37.8. The highest BCUT2D eigenvalue weighted by molar-refractivity contribution is 4.91. The van der Waals surface area contributed by atoms with Crippen molar-refractivity contribution < 1.29 is 18.3 Å². The molecule has 3 N–H and O–H groups in total. The van der Waals surface area contributed by atoms with Gasteiger partial charge in [-0.1, -0.05) is 0 Å². The summed E-state index contributed by atoms with van der Waals surface area (Å²) in [5.41, 5.74) is 5.36. The van der Waals surface area contributed by atoms with Crippen molar-refractivity contribution in [2.45, 2.75) is 18.3 Å². The number of aliphatic hydroxyl groups excluding tert-OH is 1. The van der Waals surface area contributed by atoms with E-state index in [0.29, 0.717) is 6.54 Å². The van der Waals surface area contributed by atoms with Gasteiger partial charge in [-0.25, -0.2) is 0 Å². The molecule has 0 saturated carbocycles. The van der Waals surface area contributed by atoms with Crippen LogP contribution in [0.25, 0.3) is 0 Å². The van der Waals surface area contributed by atoms with Crippen LogP contribution in [0.4, 0.5) is 13.2 Å². The van der Waals surface area contributed by atoms with Gasteiger partial charge in [-0.2, -0.15) is 13.2 Å². The van der Waals surface area contributed by atoms with E-state index in [1.807, 2.05) is 0 Å². The minimum Gasteiger partial charge on any atom is -0.391 e. The number of alkyl halides is 3. The van der Waals surface area contributed by atoms with E-state index in [2.05, 4.69) is 0 Å². The van der Waals surface area contributed by atoms with Gasteiger partial charge in [-0.15, -0.1) is 0 Å². The highest BCUT2D eigenvalue weighted by Crippen LogP contribution is 2.32. The Balaban J connectivity index is 2.72. The second-order valence-corrected chi connectivity index (χ2v) is 3.52. The van der Waals surface area contributed by atoms with Crippen molar-refractivity contribution in [2.75, 3.05) is 20.1 Å². The van der Waals surface area contributed by atoms with Crippen LogP contribution in [0.3, 0.4) is 0 Å². The number of halogens is 3. The van der Waals surface area contributed by atoms with Crippen LogP contribution in [0.1, 0.15) is 0 Å². The number of rotatable bonds is 0. The van der Waals surface area contributed by atoms with E-state index in [0.717, 1.165) is 0 Å². The largest absolute Gasteiger partial charge is 0.395 e. The summed E-state index contributed by atoms with van der Waals surface area (Å²) in [5, 5.41) is 9.22. The lowest BCUT2D eigenvalue weighted by atomic mass is 9.91. The van der Waals surface area contributed by atoms with Gasteiger partial charge in [0.15, 0.2) is 0 Å². The first-order chi connectivity index (χ1) is 5.82. The maximum Gasteiger partial charge on any atom is 0.395 e. The summed E-state index contributed by atoms with van der Waals surface area (Å²) in [6.07, 6.45) is -5.85. The van der Waals surface area contributed by atoms with E-state index in [-0.39, 0.29) is 6.54 Å². The summed E-state index contributed by atoms with van der Waals surface area (Å²) in [7, 11) is 1.56. The molecule has 0 aromatic rings. The zero-order chi connectivity index (χ0) is 10.2. The number of hydrogen-bond acceptors (Lipinski definition) is 3. The minimum atomic E-state index is -4.37. The monoisotopic (exact) mass is 198 g/mol. The Morgan fingerprint density at radius 2 is 1.92 bits per heavy atom. The maximum absolute atomic E-state index is 12.3. The van der Waals surface area contributed by atoms with E-state index in [1.165, 1.54) is 4.90 Å². The van der Waals surface area contributed by atoms with Crippen LogP contribution in [0.5, 0.6) is 0 Å². The van der Waals surface area contributed by atoms with Gasteiger partial charge in [0.1, 0.15) is 0 Å². The molecule has 1 aliphatic rings. The fourth-order valence-electron chi connectivity index (χ4n) is 1.58. The van der Waals surface area contributed by atoms with Gasteiger partial charge >= 0.3 is 6.18 Å². The highest BCUT2D eigenvalue weighted by Gasteiger charge is 2.48. The first kappa shape index (κ1) is 10.7. The third kappa shape index (κ3) is 2.32. The lowest BCUT2D eigenvalue weighted by Gasteiger charge is -2.38. The molecule has 3 atom stereocenters. The molecule has 0 radical (unpaired) electrons. The highest BCUT2D eigenvalue weighted by atomic mass is 19.4. The van der Waals surface area contributed by atoms with Crippen molar-refractivity contribution in [1.82, 2.24) is 4.90 Å². The molecule has 3 nitrogen and oxygen atoms in total. The number of nitrogens with two attached hydrogens (primary N) is 1. The molecular weight excluding hydrogens is 185 g/mol. The predicted octanol–water partition coefficient (Wildman–Crippen LogP) is -0.202. The fourth-order valence-corrected chi connectivity index (χ4v) is 1.58. The Hall–Kier alpha value is -0.330. The van der Waals surface area contributed by atoms with Crippen LogP contribution >= 0.6 is 0 Å². The molecule has 0 aliphatic carbocycles. The molecule has 0 amide bonds. The molecule has 1 fully saturated rings. The van der Waals surface area contributed by atoms with Crippen LogP contribution in [0.2, 0.25) is 0 Å². The second kappa shape index (κ2) is 3.43. The van der Waals surface area contributed by atoms with Gasteiger partial charge in [0.2, 0.25) is 0 Å². The van der Waals surface area contributed by atoms with Gasteiger partial charge in [0.25, 0.3) is 0 Å². The first-order valence-corrected chi connectivity index (χ1v) is 4.01. The van der Waals surface area contributed by atoms with Crippen LogP contribution in [0, 0.1) is 5.92 Å². The third-order valence-corrected chi connectivity index (χ3v) is 2.30. The topological polar surface area (TPSA) is 49.5 Å². The Morgan fingerprint density at radius 3 is 2.38 bits per heavy atom. The lowest BCUT2D eigenvalue weighted by molar-refractivity contribution is -0.215. The Labute approximate surface area is 74.3 Å². The molecule has 3 unspecified atom stereocenters. The van der Waals surface area contributed by atoms with Gasteiger partial charge in [-0.3, -0.25) is 0 Å². The van der Waals surface area contributed by atoms with Gasteiger partial charge < -0.3 is 15.7 Å². The van der Waals surface area contributed by atoms with E-state index < -0.39 is 24.2 Å². The molecule has 1 saturated heterocycles. The second-order valence-electron chi connectivity index (χ2n) is 3.52.